The highest BCUT2D eigenvalue weighted by Crippen LogP contribution is 2.11. The molecule has 1 aromatic rings. The van der Waals surface area contributed by atoms with Gasteiger partial charge in [0.25, 0.3) is 5.91 Å². The molecule has 116 valence electrons. The van der Waals surface area contributed by atoms with Crippen LogP contribution in [0.15, 0.2) is 29.2 Å². The third kappa shape index (κ3) is 5.52. The van der Waals surface area contributed by atoms with E-state index in [1.54, 1.807) is 0 Å². The highest BCUT2D eigenvalue weighted by atomic mass is 32.2. The predicted octanol–water partition coefficient (Wildman–Crippen LogP) is 0.310. The summed E-state index contributed by atoms with van der Waals surface area (Å²) in [7, 11) is -2.04. The molecule has 1 amide bonds. The summed E-state index contributed by atoms with van der Waals surface area (Å²) in [5, 5.41) is 11.2. The molecular formula is C13H17NO6S. The van der Waals surface area contributed by atoms with Crippen LogP contribution in [0.2, 0.25) is 0 Å². The van der Waals surface area contributed by atoms with Gasteiger partial charge in [-0.2, -0.15) is 0 Å². The first kappa shape index (κ1) is 17.1. The molecule has 8 heteroatoms. The minimum Gasteiger partial charge on any atom is -0.481 e. The van der Waals surface area contributed by atoms with Gasteiger partial charge in [0.15, 0.2) is 9.84 Å². The van der Waals surface area contributed by atoms with Crippen LogP contribution in [0.5, 0.6) is 0 Å². The topological polar surface area (TPSA) is 110 Å². The largest absolute Gasteiger partial charge is 0.481 e. The fraction of sp³-hybridized carbons (Fsp3) is 0.385. The number of carboxylic acid groups (broad SMARTS) is 1. The van der Waals surface area contributed by atoms with Crippen molar-refractivity contribution in [1.29, 1.82) is 0 Å². The van der Waals surface area contributed by atoms with Gasteiger partial charge >= 0.3 is 5.97 Å². The molecule has 0 saturated carbocycles. The van der Waals surface area contributed by atoms with E-state index in [0.717, 1.165) is 6.26 Å². The van der Waals surface area contributed by atoms with Crippen LogP contribution in [0.4, 0.5) is 0 Å². The summed E-state index contributed by atoms with van der Waals surface area (Å²) in [4.78, 5) is 22.5. The maximum absolute atomic E-state index is 11.9. The van der Waals surface area contributed by atoms with Crippen LogP contribution in [-0.2, 0) is 19.4 Å². The molecule has 0 bridgehead atoms. The monoisotopic (exact) mass is 315 g/mol. The van der Waals surface area contributed by atoms with E-state index in [9.17, 15) is 18.0 Å². The standard InChI is InChI=1S/C13H17NO6S/c1-20-10(7-12(15)16)8-14-13(17)9-4-3-5-11(6-9)21(2,18)19/h3-6,10H,7-8H2,1-2H3,(H,14,17)(H,15,16). The number of rotatable bonds is 7. The number of methoxy groups -OCH3 is 1. The highest BCUT2D eigenvalue weighted by Gasteiger charge is 2.15. The van der Waals surface area contributed by atoms with Gasteiger partial charge in [-0.05, 0) is 18.2 Å². The number of carboxylic acids is 1. The van der Waals surface area contributed by atoms with Crippen LogP contribution >= 0.6 is 0 Å². The minimum atomic E-state index is -3.39. The molecule has 0 radical (unpaired) electrons. The number of aliphatic carboxylic acids is 1. The fourth-order valence-corrected chi connectivity index (χ4v) is 2.28. The Hall–Kier alpha value is -1.93. The molecule has 1 rings (SSSR count). The first-order valence-corrected chi connectivity index (χ1v) is 7.96. The van der Waals surface area contributed by atoms with Crippen LogP contribution in [-0.4, -0.2) is 51.4 Å². The molecule has 0 fully saturated rings. The molecular weight excluding hydrogens is 298 g/mol. The zero-order chi connectivity index (χ0) is 16.0. The second-order valence-electron chi connectivity index (χ2n) is 4.47. The average Bonchev–Trinajstić information content (AvgIpc) is 2.41. The van der Waals surface area contributed by atoms with Gasteiger partial charge in [-0.15, -0.1) is 0 Å². The molecule has 0 heterocycles. The van der Waals surface area contributed by atoms with Crippen molar-refractivity contribution in [3.05, 3.63) is 29.8 Å². The van der Waals surface area contributed by atoms with Crippen LogP contribution < -0.4 is 5.32 Å². The smallest absolute Gasteiger partial charge is 0.306 e. The number of carbonyl (C=O) groups is 2. The lowest BCUT2D eigenvalue weighted by atomic mass is 10.2. The quantitative estimate of drug-likeness (QED) is 0.749. The summed E-state index contributed by atoms with van der Waals surface area (Å²) >= 11 is 0. The van der Waals surface area contributed by atoms with E-state index in [1.807, 2.05) is 0 Å². The summed E-state index contributed by atoms with van der Waals surface area (Å²) in [6.07, 6.45) is 0.169. The Morgan fingerprint density at radius 1 is 1.38 bits per heavy atom. The van der Waals surface area contributed by atoms with E-state index in [0.29, 0.717) is 0 Å². The number of nitrogens with one attached hydrogen (secondary N) is 1. The van der Waals surface area contributed by atoms with E-state index in [-0.39, 0.29) is 23.4 Å². The van der Waals surface area contributed by atoms with Gasteiger partial charge < -0.3 is 15.2 Å². The maximum atomic E-state index is 11.9. The molecule has 21 heavy (non-hydrogen) atoms. The van der Waals surface area contributed by atoms with E-state index >= 15 is 0 Å². The van der Waals surface area contributed by atoms with Gasteiger partial charge in [0, 0.05) is 25.5 Å². The Kier molecular flexibility index (Phi) is 5.86. The minimum absolute atomic E-state index is 0.0186. The van der Waals surface area contributed by atoms with Gasteiger partial charge in [0.05, 0.1) is 17.4 Å². The molecule has 2 N–H and O–H groups in total. The van der Waals surface area contributed by atoms with Crippen molar-refractivity contribution in [3.8, 4) is 0 Å². The Bertz CT molecular complexity index is 625. The van der Waals surface area contributed by atoms with Gasteiger partial charge in [0.1, 0.15) is 0 Å². The van der Waals surface area contributed by atoms with Gasteiger partial charge in [-0.3, -0.25) is 9.59 Å². The number of hydrogen-bond donors (Lipinski definition) is 2. The average molecular weight is 315 g/mol. The number of ether oxygens (including phenoxy) is 1. The van der Waals surface area contributed by atoms with Gasteiger partial charge in [-0.1, -0.05) is 6.07 Å². The molecule has 0 saturated heterocycles. The van der Waals surface area contributed by atoms with Gasteiger partial charge in [-0.25, -0.2) is 8.42 Å². The van der Waals surface area contributed by atoms with Gasteiger partial charge in [0.2, 0.25) is 0 Å². The first-order valence-electron chi connectivity index (χ1n) is 6.07. The van der Waals surface area contributed by atoms with Crippen molar-refractivity contribution < 1.29 is 27.9 Å². The molecule has 0 aliphatic rings. The summed E-state index contributed by atoms with van der Waals surface area (Å²) in [5.41, 5.74) is 0.183. The molecule has 0 aliphatic carbocycles. The van der Waals surface area contributed by atoms with Crippen LogP contribution in [0.25, 0.3) is 0 Å². The normalized spacial score (nSPS) is 12.7. The number of carbonyl (C=O) groups excluding carboxylic acids is 1. The van der Waals surface area contributed by atoms with E-state index < -0.39 is 27.8 Å². The highest BCUT2D eigenvalue weighted by molar-refractivity contribution is 7.90. The molecule has 0 aliphatic heterocycles. The van der Waals surface area contributed by atoms with E-state index in [4.69, 9.17) is 9.84 Å². The lowest BCUT2D eigenvalue weighted by Crippen LogP contribution is -2.34. The zero-order valence-electron chi connectivity index (χ0n) is 11.7. The van der Waals surface area contributed by atoms with E-state index in [1.165, 1.54) is 31.4 Å². The Morgan fingerprint density at radius 2 is 2.05 bits per heavy atom. The summed E-state index contributed by atoms with van der Waals surface area (Å²) in [6.45, 7) is 0.0186. The van der Waals surface area contributed by atoms with Crippen molar-refractivity contribution >= 4 is 21.7 Å². The van der Waals surface area contributed by atoms with Crippen LogP contribution in [0.1, 0.15) is 16.8 Å². The summed E-state index contributed by atoms with van der Waals surface area (Å²) < 4.78 is 27.8. The number of hydrogen-bond acceptors (Lipinski definition) is 5. The second kappa shape index (κ2) is 7.19. The number of sulfone groups is 1. The molecule has 1 unspecified atom stereocenters. The Morgan fingerprint density at radius 3 is 2.57 bits per heavy atom. The fourth-order valence-electron chi connectivity index (χ4n) is 1.61. The molecule has 1 atom stereocenters. The zero-order valence-corrected chi connectivity index (χ0v) is 12.5. The van der Waals surface area contributed by atoms with Crippen molar-refractivity contribution in [2.45, 2.75) is 17.4 Å². The van der Waals surface area contributed by atoms with Crippen molar-refractivity contribution in [2.24, 2.45) is 0 Å². The number of amides is 1. The summed E-state index contributed by atoms with van der Waals surface area (Å²) in [6, 6.07) is 5.61. The molecule has 0 aromatic heterocycles. The van der Waals surface area contributed by atoms with E-state index in [2.05, 4.69) is 5.32 Å². The Labute approximate surface area is 122 Å². The van der Waals surface area contributed by atoms with Crippen molar-refractivity contribution in [2.75, 3.05) is 19.9 Å². The molecule has 0 spiro atoms. The third-order valence-corrected chi connectivity index (χ3v) is 3.86. The molecule has 7 nitrogen and oxygen atoms in total. The SMILES string of the molecule is COC(CNC(=O)c1cccc(S(C)(=O)=O)c1)CC(=O)O. The molecule has 1 aromatic carbocycles. The Balaban J connectivity index is 2.74. The van der Waals surface area contributed by atoms with Crippen molar-refractivity contribution in [1.82, 2.24) is 5.32 Å². The third-order valence-electron chi connectivity index (χ3n) is 2.75. The lowest BCUT2D eigenvalue weighted by molar-refractivity contribution is -0.139. The predicted molar refractivity (Wildman–Crippen MR) is 74.9 cm³/mol. The summed E-state index contributed by atoms with van der Waals surface area (Å²) in [5.74, 6) is -1.52. The van der Waals surface area contributed by atoms with Crippen molar-refractivity contribution in [3.63, 3.8) is 0 Å². The van der Waals surface area contributed by atoms with Crippen LogP contribution in [0.3, 0.4) is 0 Å². The maximum Gasteiger partial charge on any atom is 0.306 e. The number of benzene rings is 1. The van der Waals surface area contributed by atoms with Crippen LogP contribution in [0, 0.1) is 0 Å². The first-order chi connectivity index (χ1) is 9.74. The second-order valence-corrected chi connectivity index (χ2v) is 6.48. The lowest BCUT2D eigenvalue weighted by Gasteiger charge is -2.14.